The van der Waals surface area contributed by atoms with Crippen LogP contribution in [0.3, 0.4) is 0 Å². The Labute approximate surface area is 99.8 Å². The van der Waals surface area contributed by atoms with Crippen molar-refractivity contribution in [3.8, 4) is 6.07 Å². The molecule has 0 radical (unpaired) electrons. The Balaban J connectivity index is 2.35. The van der Waals surface area contributed by atoms with E-state index in [9.17, 15) is 5.26 Å². The molecule has 0 heterocycles. The Kier molecular flexibility index (Phi) is 4.76. The molecule has 1 aliphatic rings. The molecule has 1 N–H and O–H groups in total. The molecule has 0 saturated heterocycles. The van der Waals surface area contributed by atoms with E-state index in [0.29, 0.717) is 6.04 Å². The summed E-state index contributed by atoms with van der Waals surface area (Å²) in [7, 11) is 2.18. The highest BCUT2D eigenvalue weighted by Gasteiger charge is 2.27. The van der Waals surface area contributed by atoms with Crippen LogP contribution in [0.5, 0.6) is 0 Å². The zero-order chi connectivity index (χ0) is 12.2. The lowest BCUT2D eigenvalue weighted by Gasteiger charge is -2.36. The Morgan fingerprint density at radius 1 is 1.50 bits per heavy atom. The molecule has 0 amide bonds. The molecule has 16 heavy (non-hydrogen) atoms. The van der Waals surface area contributed by atoms with Gasteiger partial charge in [0.25, 0.3) is 0 Å². The van der Waals surface area contributed by atoms with Gasteiger partial charge in [-0.1, -0.05) is 6.42 Å². The standard InChI is InChI=1S/C13H25N3/c1-11(2)15-13(3,10-14)8-9-16(4)12-6-5-7-12/h11-12,15H,5-9H2,1-4H3. The fourth-order valence-corrected chi connectivity index (χ4v) is 2.21. The van der Waals surface area contributed by atoms with Gasteiger partial charge in [-0.05, 0) is 47.1 Å². The molecule has 0 aromatic carbocycles. The second-order valence-corrected chi connectivity index (χ2v) is 5.56. The normalized spacial score (nSPS) is 20.6. The highest BCUT2D eigenvalue weighted by Crippen LogP contribution is 2.24. The van der Waals surface area contributed by atoms with Crippen LogP contribution >= 0.6 is 0 Å². The molecule has 0 aromatic heterocycles. The minimum absolute atomic E-state index is 0.360. The Hall–Kier alpha value is -0.590. The zero-order valence-electron chi connectivity index (χ0n) is 11.1. The lowest BCUT2D eigenvalue weighted by molar-refractivity contribution is 0.148. The maximum Gasteiger partial charge on any atom is 0.105 e. The third-order valence-electron chi connectivity index (χ3n) is 3.52. The van der Waals surface area contributed by atoms with Crippen molar-refractivity contribution in [3.63, 3.8) is 0 Å². The molecule has 1 fully saturated rings. The number of nitrogens with one attached hydrogen (secondary N) is 1. The minimum atomic E-state index is -0.383. The summed E-state index contributed by atoms with van der Waals surface area (Å²) in [6.07, 6.45) is 4.93. The summed E-state index contributed by atoms with van der Waals surface area (Å²) in [5.41, 5.74) is -0.383. The van der Waals surface area contributed by atoms with Crippen molar-refractivity contribution in [2.45, 2.75) is 64.1 Å². The molecule has 0 aromatic rings. The van der Waals surface area contributed by atoms with Crippen molar-refractivity contribution in [2.24, 2.45) is 0 Å². The number of hydrogen-bond donors (Lipinski definition) is 1. The number of nitrogens with zero attached hydrogens (tertiary/aromatic N) is 2. The van der Waals surface area contributed by atoms with Crippen LogP contribution in [0.2, 0.25) is 0 Å². The molecular weight excluding hydrogens is 198 g/mol. The number of rotatable bonds is 6. The van der Waals surface area contributed by atoms with Crippen LogP contribution in [0.15, 0.2) is 0 Å². The second-order valence-electron chi connectivity index (χ2n) is 5.56. The van der Waals surface area contributed by atoms with E-state index >= 15 is 0 Å². The molecule has 1 aliphatic carbocycles. The van der Waals surface area contributed by atoms with E-state index in [1.807, 2.05) is 6.92 Å². The SMILES string of the molecule is CC(C)NC(C)(C#N)CCN(C)C1CCC1. The van der Waals surface area contributed by atoms with Crippen LogP contribution in [0.4, 0.5) is 0 Å². The lowest BCUT2D eigenvalue weighted by atomic mass is 9.90. The maximum absolute atomic E-state index is 9.23. The van der Waals surface area contributed by atoms with Gasteiger partial charge in [0, 0.05) is 18.6 Å². The van der Waals surface area contributed by atoms with Gasteiger partial charge >= 0.3 is 0 Å². The van der Waals surface area contributed by atoms with Gasteiger partial charge in [-0.3, -0.25) is 5.32 Å². The van der Waals surface area contributed by atoms with Gasteiger partial charge < -0.3 is 4.90 Å². The number of hydrogen-bond acceptors (Lipinski definition) is 3. The van der Waals surface area contributed by atoms with Crippen LogP contribution in [0.1, 0.15) is 46.5 Å². The van der Waals surface area contributed by atoms with Gasteiger partial charge in [-0.25, -0.2) is 0 Å². The molecule has 3 heteroatoms. The van der Waals surface area contributed by atoms with Crippen LogP contribution in [-0.4, -0.2) is 36.1 Å². The fraction of sp³-hybridized carbons (Fsp3) is 0.923. The molecule has 1 rings (SSSR count). The Bertz CT molecular complexity index is 252. The second kappa shape index (κ2) is 5.65. The summed E-state index contributed by atoms with van der Waals surface area (Å²) < 4.78 is 0. The van der Waals surface area contributed by atoms with Crippen LogP contribution in [0, 0.1) is 11.3 Å². The van der Waals surface area contributed by atoms with E-state index in [2.05, 4.69) is 37.2 Å². The Morgan fingerprint density at radius 3 is 2.50 bits per heavy atom. The van der Waals surface area contributed by atoms with Gasteiger partial charge in [-0.2, -0.15) is 5.26 Å². The number of nitriles is 1. The summed E-state index contributed by atoms with van der Waals surface area (Å²) in [5.74, 6) is 0. The highest BCUT2D eigenvalue weighted by atomic mass is 15.1. The first-order valence-electron chi connectivity index (χ1n) is 6.36. The van der Waals surface area contributed by atoms with Crippen molar-refractivity contribution in [2.75, 3.05) is 13.6 Å². The first-order chi connectivity index (χ1) is 7.47. The van der Waals surface area contributed by atoms with Crippen molar-refractivity contribution >= 4 is 0 Å². The third kappa shape index (κ3) is 3.77. The van der Waals surface area contributed by atoms with Crippen molar-refractivity contribution in [1.82, 2.24) is 10.2 Å². The Morgan fingerprint density at radius 2 is 2.12 bits per heavy atom. The third-order valence-corrected chi connectivity index (χ3v) is 3.52. The molecule has 0 spiro atoms. The summed E-state index contributed by atoms with van der Waals surface area (Å²) in [4.78, 5) is 2.40. The van der Waals surface area contributed by atoms with Crippen molar-refractivity contribution < 1.29 is 0 Å². The van der Waals surface area contributed by atoms with Crippen molar-refractivity contribution in [1.29, 1.82) is 5.26 Å². The van der Waals surface area contributed by atoms with Crippen molar-refractivity contribution in [3.05, 3.63) is 0 Å². The summed E-state index contributed by atoms with van der Waals surface area (Å²) >= 11 is 0. The monoisotopic (exact) mass is 223 g/mol. The molecule has 0 aliphatic heterocycles. The first kappa shape index (κ1) is 13.5. The van der Waals surface area contributed by atoms with Crippen LogP contribution in [-0.2, 0) is 0 Å². The lowest BCUT2D eigenvalue weighted by Crippen LogP contribution is -2.48. The van der Waals surface area contributed by atoms with E-state index in [-0.39, 0.29) is 5.54 Å². The molecular formula is C13H25N3. The van der Waals surface area contributed by atoms with Gasteiger partial charge in [0.1, 0.15) is 5.54 Å². The topological polar surface area (TPSA) is 39.1 Å². The van der Waals surface area contributed by atoms with E-state index in [0.717, 1.165) is 19.0 Å². The first-order valence-corrected chi connectivity index (χ1v) is 6.36. The largest absolute Gasteiger partial charge is 0.303 e. The predicted molar refractivity (Wildman–Crippen MR) is 67.2 cm³/mol. The highest BCUT2D eigenvalue weighted by molar-refractivity contribution is 5.04. The molecule has 0 bridgehead atoms. The fourth-order valence-electron chi connectivity index (χ4n) is 2.21. The van der Waals surface area contributed by atoms with Crippen LogP contribution < -0.4 is 5.32 Å². The molecule has 1 atom stereocenters. The van der Waals surface area contributed by atoms with E-state index in [1.165, 1.54) is 19.3 Å². The average molecular weight is 223 g/mol. The summed E-state index contributed by atoms with van der Waals surface area (Å²) in [6.45, 7) is 7.19. The summed E-state index contributed by atoms with van der Waals surface area (Å²) in [6, 6.07) is 3.53. The molecule has 3 nitrogen and oxygen atoms in total. The van der Waals surface area contributed by atoms with E-state index in [4.69, 9.17) is 0 Å². The molecule has 1 unspecified atom stereocenters. The predicted octanol–water partition coefficient (Wildman–Crippen LogP) is 2.14. The van der Waals surface area contributed by atoms with Gasteiger partial charge in [0.15, 0.2) is 0 Å². The minimum Gasteiger partial charge on any atom is -0.303 e. The summed E-state index contributed by atoms with van der Waals surface area (Å²) in [5, 5.41) is 12.6. The molecule has 1 saturated carbocycles. The molecule has 92 valence electrons. The van der Waals surface area contributed by atoms with Crippen LogP contribution in [0.25, 0.3) is 0 Å². The van der Waals surface area contributed by atoms with Gasteiger partial charge in [-0.15, -0.1) is 0 Å². The van der Waals surface area contributed by atoms with E-state index < -0.39 is 0 Å². The van der Waals surface area contributed by atoms with Gasteiger partial charge in [0.05, 0.1) is 6.07 Å². The van der Waals surface area contributed by atoms with Gasteiger partial charge in [0.2, 0.25) is 0 Å². The smallest absolute Gasteiger partial charge is 0.105 e. The zero-order valence-corrected chi connectivity index (χ0v) is 11.1. The average Bonchev–Trinajstić information content (AvgIpc) is 2.11. The maximum atomic E-state index is 9.23. The van der Waals surface area contributed by atoms with E-state index in [1.54, 1.807) is 0 Å². The quantitative estimate of drug-likeness (QED) is 0.750.